The van der Waals surface area contributed by atoms with E-state index in [-0.39, 0.29) is 19.1 Å². The Morgan fingerprint density at radius 3 is 2.68 bits per heavy atom. The normalized spacial score (nSPS) is 14.8. The maximum atomic E-state index is 12.7. The van der Waals surface area contributed by atoms with Gasteiger partial charge in [-0.15, -0.1) is 11.3 Å². The van der Waals surface area contributed by atoms with E-state index in [2.05, 4.69) is 10.2 Å². The van der Waals surface area contributed by atoms with E-state index in [0.29, 0.717) is 31.1 Å². The van der Waals surface area contributed by atoms with E-state index in [1.54, 1.807) is 18.3 Å². The summed E-state index contributed by atoms with van der Waals surface area (Å²) < 4.78 is 12.6. The minimum Gasteiger partial charge on any atom is -0.462 e. The van der Waals surface area contributed by atoms with Crippen LogP contribution in [0.15, 0.2) is 17.5 Å². The van der Waals surface area contributed by atoms with E-state index >= 15 is 0 Å². The van der Waals surface area contributed by atoms with Crippen molar-refractivity contribution < 1.29 is 19.1 Å². The van der Waals surface area contributed by atoms with Crippen molar-refractivity contribution in [2.45, 2.75) is 27.3 Å². The van der Waals surface area contributed by atoms with Gasteiger partial charge in [0.25, 0.3) is 0 Å². The zero-order valence-electron chi connectivity index (χ0n) is 16.6. The summed E-state index contributed by atoms with van der Waals surface area (Å²) in [5.41, 5.74) is 2.21. The van der Waals surface area contributed by atoms with Crippen LogP contribution in [0.3, 0.4) is 0 Å². The summed E-state index contributed by atoms with van der Waals surface area (Å²) in [7, 11) is 0. The van der Waals surface area contributed by atoms with Gasteiger partial charge in [0.1, 0.15) is 11.4 Å². The van der Waals surface area contributed by atoms with Gasteiger partial charge in [-0.25, -0.2) is 4.79 Å². The number of carbonyl (C=O) groups excluding carboxylic acids is 2. The maximum Gasteiger partial charge on any atom is 0.342 e. The summed E-state index contributed by atoms with van der Waals surface area (Å²) in [6.45, 7) is 9.51. The van der Waals surface area contributed by atoms with Crippen molar-refractivity contribution in [2.75, 3.05) is 44.8 Å². The third kappa shape index (κ3) is 4.63. The maximum absolute atomic E-state index is 12.7. The molecule has 2 aromatic heterocycles. The first kappa shape index (κ1) is 20.6. The van der Waals surface area contributed by atoms with Crippen LogP contribution in [0.5, 0.6) is 0 Å². The van der Waals surface area contributed by atoms with E-state index in [0.717, 1.165) is 29.2 Å². The summed E-state index contributed by atoms with van der Waals surface area (Å²) in [6.07, 6.45) is 0. The quantitative estimate of drug-likeness (QED) is 0.717. The zero-order chi connectivity index (χ0) is 20.1. The fourth-order valence-electron chi connectivity index (χ4n) is 3.34. The van der Waals surface area contributed by atoms with Gasteiger partial charge in [0.2, 0.25) is 5.91 Å². The number of amides is 1. The van der Waals surface area contributed by atoms with Crippen molar-refractivity contribution in [2.24, 2.45) is 0 Å². The molecule has 0 saturated carbocycles. The molecule has 2 aromatic rings. The van der Waals surface area contributed by atoms with Gasteiger partial charge in [0, 0.05) is 23.7 Å². The van der Waals surface area contributed by atoms with E-state index in [9.17, 15) is 9.59 Å². The minimum atomic E-state index is -0.408. The lowest BCUT2D eigenvalue weighted by atomic mass is 10.1. The molecule has 3 heterocycles. The van der Waals surface area contributed by atoms with Crippen LogP contribution in [0.4, 0.5) is 5.82 Å². The standard InChI is InChI=1S/C20H27N3O4S/c1-4-27-20(25)18-14(2)15(3)23(12-16-6-5-11-28-16)19(18)21-17(24)13-22-7-9-26-10-8-22/h5-6,11H,4,7-10,12-13H2,1-3H3,(H,21,24). The van der Waals surface area contributed by atoms with Gasteiger partial charge in [-0.05, 0) is 37.8 Å². The van der Waals surface area contributed by atoms with E-state index in [1.165, 1.54) is 0 Å². The number of carbonyl (C=O) groups is 2. The predicted molar refractivity (Wildman–Crippen MR) is 109 cm³/mol. The smallest absolute Gasteiger partial charge is 0.342 e. The van der Waals surface area contributed by atoms with Crippen LogP contribution < -0.4 is 5.32 Å². The molecule has 0 bridgehead atoms. The molecule has 1 aliphatic heterocycles. The molecule has 0 aliphatic carbocycles. The number of ether oxygens (including phenoxy) is 2. The molecule has 0 radical (unpaired) electrons. The van der Waals surface area contributed by atoms with E-state index in [4.69, 9.17) is 9.47 Å². The molecule has 1 N–H and O–H groups in total. The van der Waals surface area contributed by atoms with Gasteiger partial charge in [-0.1, -0.05) is 6.07 Å². The number of thiophene rings is 1. The van der Waals surface area contributed by atoms with Gasteiger partial charge in [-0.3, -0.25) is 9.69 Å². The number of anilines is 1. The number of hydrogen-bond acceptors (Lipinski definition) is 6. The van der Waals surface area contributed by atoms with Crippen molar-refractivity contribution in [1.29, 1.82) is 0 Å². The molecule has 0 aromatic carbocycles. The lowest BCUT2D eigenvalue weighted by molar-refractivity contribution is -0.118. The van der Waals surface area contributed by atoms with Gasteiger partial charge < -0.3 is 19.4 Å². The van der Waals surface area contributed by atoms with Crippen molar-refractivity contribution in [3.63, 3.8) is 0 Å². The highest BCUT2D eigenvalue weighted by molar-refractivity contribution is 7.09. The summed E-state index contributed by atoms with van der Waals surface area (Å²) in [5.74, 6) is -0.0350. The van der Waals surface area contributed by atoms with E-state index < -0.39 is 5.97 Å². The summed E-state index contributed by atoms with van der Waals surface area (Å²) in [6, 6.07) is 4.04. The molecule has 0 atom stereocenters. The Morgan fingerprint density at radius 1 is 1.29 bits per heavy atom. The Balaban J connectivity index is 1.89. The molecule has 28 heavy (non-hydrogen) atoms. The number of hydrogen-bond donors (Lipinski definition) is 1. The molecule has 1 fully saturated rings. The van der Waals surface area contributed by atoms with Crippen molar-refractivity contribution >= 4 is 29.0 Å². The van der Waals surface area contributed by atoms with Crippen molar-refractivity contribution in [1.82, 2.24) is 9.47 Å². The van der Waals surface area contributed by atoms with Crippen LogP contribution in [0.1, 0.15) is 33.4 Å². The topological polar surface area (TPSA) is 72.8 Å². The summed E-state index contributed by atoms with van der Waals surface area (Å²) >= 11 is 1.64. The highest BCUT2D eigenvalue weighted by Gasteiger charge is 2.26. The fraction of sp³-hybridized carbons (Fsp3) is 0.500. The van der Waals surface area contributed by atoms with Crippen molar-refractivity contribution in [3.8, 4) is 0 Å². The molecule has 0 unspecified atom stereocenters. The number of nitrogens with one attached hydrogen (secondary N) is 1. The van der Waals surface area contributed by atoms with Crippen LogP contribution in [0.2, 0.25) is 0 Å². The molecular formula is C20H27N3O4S. The van der Waals surface area contributed by atoms with Gasteiger partial charge in [-0.2, -0.15) is 0 Å². The second-order valence-electron chi connectivity index (χ2n) is 6.76. The molecule has 152 valence electrons. The van der Waals surface area contributed by atoms with Crippen LogP contribution in [-0.2, 0) is 20.8 Å². The Kier molecular flexibility index (Phi) is 6.88. The number of nitrogens with zero attached hydrogens (tertiary/aromatic N) is 2. The Hall–Kier alpha value is -2.16. The average molecular weight is 406 g/mol. The molecule has 1 saturated heterocycles. The Morgan fingerprint density at radius 2 is 2.04 bits per heavy atom. The van der Waals surface area contributed by atoms with Gasteiger partial charge in [0.05, 0.1) is 32.9 Å². The third-order valence-corrected chi connectivity index (χ3v) is 5.79. The van der Waals surface area contributed by atoms with E-state index in [1.807, 2.05) is 35.9 Å². The second-order valence-corrected chi connectivity index (χ2v) is 7.79. The van der Waals surface area contributed by atoms with Crippen LogP contribution in [0.25, 0.3) is 0 Å². The molecule has 1 aliphatic rings. The molecule has 3 rings (SSSR count). The fourth-order valence-corrected chi connectivity index (χ4v) is 4.03. The monoisotopic (exact) mass is 405 g/mol. The molecule has 7 nitrogen and oxygen atoms in total. The van der Waals surface area contributed by atoms with Crippen LogP contribution in [-0.4, -0.2) is 60.8 Å². The summed E-state index contributed by atoms with van der Waals surface area (Å²) in [4.78, 5) is 28.5. The highest BCUT2D eigenvalue weighted by Crippen LogP contribution is 2.29. The molecule has 8 heteroatoms. The zero-order valence-corrected chi connectivity index (χ0v) is 17.4. The van der Waals surface area contributed by atoms with Gasteiger partial charge >= 0.3 is 5.97 Å². The first-order valence-corrected chi connectivity index (χ1v) is 10.4. The van der Waals surface area contributed by atoms with Crippen LogP contribution >= 0.6 is 11.3 Å². The number of esters is 1. The largest absolute Gasteiger partial charge is 0.462 e. The van der Waals surface area contributed by atoms with Crippen molar-refractivity contribution in [3.05, 3.63) is 39.2 Å². The third-order valence-electron chi connectivity index (χ3n) is 4.93. The minimum absolute atomic E-state index is 0.141. The molecule has 0 spiro atoms. The average Bonchev–Trinajstić information content (AvgIpc) is 3.26. The first-order valence-electron chi connectivity index (χ1n) is 9.50. The highest BCUT2D eigenvalue weighted by atomic mass is 32.1. The molecular weight excluding hydrogens is 378 g/mol. The SMILES string of the molecule is CCOC(=O)c1c(C)c(C)n(Cc2cccs2)c1NC(=O)CN1CCOCC1. The number of rotatable bonds is 7. The number of morpholine rings is 1. The first-order chi connectivity index (χ1) is 13.5. The Labute approximate surface area is 169 Å². The number of aromatic nitrogens is 1. The Bertz CT molecular complexity index is 823. The lowest BCUT2D eigenvalue weighted by Crippen LogP contribution is -2.41. The lowest BCUT2D eigenvalue weighted by Gasteiger charge is -2.26. The van der Waals surface area contributed by atoms with Gasteiger partial charge in [0.15, 0.2) is 0 Å². The predicted octanol–water partition coefficient (Wildman–Crippen LogP) is 2.66. The summed E-state index contributed by atoms with van der Waals surface area (Å²) in [5, 5.41) is 5.00. The second kappa shape index (κ2) is 9.36. The van der Waals surface area contributed by atoms with Crippen LogP contribution in [0, 0.1) is 13.8 Å². The molecule has 1 amide bonds.